The summed E-state index contributed by atoms with van der Waals surface area (Å²) in [6.07, 6.45) is 0. The Hall–Kier alpha value is -5.62. The number of hydrogen-bond donors (Lipinski definition) is 0. The minimum atomic E-state index is 0.109. The first-order chi connectivity index (χ1) is 26.4. The summed E-state index contributed by atoms with van der Waals surface area (Å²) in [5.74, 6) is 1.74. The zero-order valence-corrected chi connectivity index (χ0v) is 32.7. The molecule has 9 rings (SSSR count). The largest absolute Gasteiger partial charge is 0.497 e. The molecule has 2 nitrogen and oxygen atoms in total. The lowest BCUT2D eigenvalue weighted by Crippen LogP contribution is -2.52. The molecular formula is C49H39BO2S2. The molecule has 3 heterocycles. The lowest BCUT2D eigenvalue weighted by Gasteiger charge is -2.19. The van der Waals surface area contributed by atoms with E-state index in [-0.39, 0.29) is 6.71 Å². The average molecular weight is 735 g/mol. The third-order valence-corrected chi connectivity index (χ3v) is 13.3. The van der Waals surface area contributed by atoms with Gasteiger partial charge in [-0.3, -0.25) is 0 Å². The predicted molar refractivity (Wildman–Crippen MR) is 233 cm³/mol. The highest BCUT2D eigenvalue weighted by atomic mass is 32.1. The van der Waals surface area contributed by atoms with Gasteiger partial charge in [0.15, 0.2) is 0 Å². The van der Waals surface area contributed by atoms with Crippen LogP contribution in [0.1, 0.15) is 16.7 Å². The van der Waals surface area contributed by atoms with Gasteiger partial charge in [0.25, 0.3) is 6.71 Å². The van der Waals surface area contributed by atoms with Crippen LogP contribution in [0.2, 0.25) is 0 Å². The predicted octanol–water partition coefficient (Wildman–Crippen LogP) is 11.6. The number of hydrogen-bond acceptors (Lipinski definition) is 4. The van der Waals surface area contributed by atoms with Crippen LogP contribution in [0.25, 0.3) is 65.4 Å². The van der Waals surface area contributed by atoms with Crippen LogP contribution in [0.15, 0.2) is 146 Å². The standard InChI is InChI=1S/C49H39BO2S2/c1-30-26-31(2)47(32(3)27-30)50-48-43(28-45(53-48)37-14-10-33(11-15-37)35-18-22-39(51-4)23-19-35)41-8-6-7-9-42(41)44-29-46(54-49(44)50)38-16-12-34(13-17-38)36-20-24-40(52-5)25-21-36/h6-29H,1-5H3. The highest BCUT2D eigenvalue weighted by Crippen LogP contribution is 2.43. The Labute approximate surface area is 326 Å². The van der Waals surface area contributed by atoms with Crippen LogP contribution in [0.3, 0.4) is 0 Å². The highest BCUT2D eigenvalue weighted by molar-refractivity contribution is 7.37. The van der Waals surface area contributed by atoms with Crippen molar-refractivity contribution in [3.05, 3.63) is 162 Å². The van der Waals surface area contributed by atoms with Crippen LogP contribution in [0, 0.1) is 20.8 Å². The molecule has 54 heavy (non-hydrogen) atoms. The number of rotatable bonds is 7. The molecule has 2 aromatic heterocycles. The smallest absolute Gasteiger partial charge is 0.268 e. The van der Waals surface area contributed by atoms with Crippen LogP contribution >= 0.6 is 22.7 Å². The van der Waals surface area contributed by atoms with Crippen LogP contribution in [0.5, 0.6) is 11.5 Å². The molecule has 262 valence electrons. The summed E-state index contributed by atoms with van der Waals surface area (Å²) in [6, 6.07) is 53.3. The van der Waals surface area contributed by atoms with Gasteiger partial charge in [0.2, 0.25) is 0 Å². The molecule has 5 heteroatoms. The monoisotopic (exact) mass is 734 g/mol. The summed E-state index contributed by atoms with van der Waals surface area (Å²) in [4.78, 5) is 2.58. The van der Waals surface area contributed by atoms with Crippen molar-refractivity contribution in [3.63, 3.8) is 0 Å². The Morgan fingerprint density at radius 3 is 1.13 bits per heavy atom. The normalized spacial score (nSPS) is 11.8. The summed E-state index contributed by atoms with van der Waals surface area (Å²) in [6.45, 7) is 6.91. The molecule has 1 aliphatic heterocycles. The molecule has 0 N–H and O–H groups in total. The Bertz CT molecular complexity index is 2450. The SMILES string of the molecule is COc1ccc(-c2ccc(-c3cc4c(s3)B(c3c(C)cc(C)cc3C)c3sc(-c5ccc(-c6ccc(OC)cc6)cc5)cc3-c3ccccc3-4)cc2)cc1. The highest BCUT2D eigenvalue weighted by Gasteiger charge is 2.37. The molecule has 0 saturated carbocycles. The first-order valence-electron chi connectivity index (χ1n) is 18.3. The molecular weight excluding hydrogens is 695 g/mol. The van der Waals surface area contributed by atoms with Crippen LogP contribution < -0.4 is 24.5 Å². The number of ether oxygens (including phenoxy) is 2. The maximum Gasteiger partial charge on any atom is 0.268 e. The summed E-state index contributed by atoms with van der Waals surface area (Å²) in [7, 11) is 3.41. The molecule has 8 aromatic rings. The van der Waals surface area contributed by atoms with E-state index in [0.717, 1.165) is 11.5 Å². The number of benzene rings is 6. The number of aryl methyl sites for hydroxylation is 3. The molecule has 0 atom stereocenters. The van der Waals surface area contributed by atoms with Crippen molar-refractivity contribution < 1.29 is 9.47 Å². The molecule has 0 fully saturated rings. The lowest BCUT2D eigenvalue weighted by molar-refractivity contribution is 0.415. The van der Waals surface area contributed by atoms with Crippen molar-refractivity contribution in [2.75, 3.05) is 14.2 Å². The summed E-state index contributed by atoms with van der Waals surface area (Å²) in [5, 5.41) is 0. The molecule has 0 spiro atoms. The van der Waals surface area contributed by atoms with Gasteiger partial charge in [0, 0.05) is 9.75 Å². The minimum Gasteiger partial charge on any atom is -0.497 e. The third kappa shape index (κ3) is 6.08. The quantitative estimate of drug-likeness (QED) is 0.152. The van der Waals surface area contributed by atoms with Crippen LogP contribution in [0.4, 0.5) is 0 Å². The third-order valence-electron chi connectivity index (χ3n) is 10.8. The van der Waals surface area contributed by atoms with Gasteiger partial charge in [-0.2, -0.15) is 0 Å². The van der Waals surface area contributed by atoms with E-state index in [1.807, 2.05) is 46.9 Å². The van der Waals surface area contributed by atoms with Gasteiger partial charge in [-0.25, -0.2) is 0 Å². The van der Waals surface area contributed by atoms with E-state index in [2.05, 4.69) is 142 Å². The van der Waals surface area contributed by atoms with E-state index in [4.69, 9.17) is 9.47 Å². The van der Waals surface area contributed by atoms with Gasteiger partial charge in [0.1, 0.15) is 11.5 Å². The molecule has 0 saturated heterocycles. The van der Waals surface area contributed by atoms with Gasteiger partial charge in [-0.15, -0.1) is 22.7 Å². The molecule has 0 amide bonds. The fraction of sp³-hybridized carbons (Fsp3) is 0.102. The maximum atomic E-state index is 5.39. The van der Waals surface area contributed by atoms with E-state index >= 15 is 0 Å². The summed E-state index contributed by atoms with van der Waals surface area (Å²) >= 11 is 3.90. The van der Waals surface area contributed by atoms with Gasteiger partial charge >= 0.3 is 0 Å². The van der Waals surface area contributed by atoms with Gasteiger partial charge in [-0.05, 0) is 122 Å². The average Bonchev–Trinajstić information content (AvgIpc) is 3.83. The molecule has 0 aliphatic carbocycles. The van der Waals surface area contributed by atoms with Crippen molar-refractivity contribution >= 4 is 44.4 Å². The molecule has 6 aromatic carbocycles. The second-order valence-corrected chi connectivity index (χ2v) is 16.3. The lowest BCUT2D eigenvalue weighted by atomic mass is 9.40. The Morgan fingerprint density at radius 1 is 0.407 bits per heavy atom. The first-order valence-corrected chi connectivity index (χ1v) is 20.0. The van der Waals surface area contributed by atoms with Crippen molar-refractivity contribution in [1.29, 1.82) is 0 Å². The van der Waals surface area contributed by atoms with Gasteiger partial charge in [0.05, 0.1) is 14.2 Å². The summed E-state index contributed by atoms with van der Waals surface area (Å²) in [5.41, 5.74) is 17.9. The Morgan fingerprint density at radius 2 is 0.759 bits per heavy atom. The minimum absolute atomic E-state index is 0.109. The van der Waals surface area contributed by atoms with E-state index < -0.39 is 0 Å². The molecule has 0 radical (unpaired) electrons. The number of thiophene rings is 2. The fourth-order valence-electron chi connectivity index (χ4n) is 8.15. The van der Waals surface area contributed by atoms with Crippen molar-refractivity contribution in [2.24, 2.45) is 0 Å². The first kappa shape index (κ1) is 34.2. The molecule has 1 aliphatic rings. The van der Waals surface area contributed by atoms with Gasteiger partial charge in [-0.1, -0.05) is 131 Å². The number of fused-ring (bicyclic) bond motifs is 5. The van der Waals surface area contributed by atoms with E-state index in [0.29, 0.717) is 0 Å². The summed E-state index contributed by atoms with van der Waals surface area (Å²) < 4.78 is 13.6. The maximum absolute atomic E-state index is 5.39. The zero-order valence-electron chi connectivity index (χ0n) is 31.1. The molecule has 0 unspecified atom stereocenters. The Kier molecular flexibility index (Phi) is 8.85. The number of methoxy groups -OCH3 is 2. The fourth-order valence-corrected chi connectivity index (χ4v) is 10.8. The van der Waals surface area contributed by atoms with Crippen molar-refractivity contribution in [3.8, 4) is 76.9 Å². The molecule has 0 bridgehead atoms. The van der Waals surface area contributed by atoms with Crippen LogP contribution in [-0.4, -0.2) is 20.9 Å². The second-order valence-electron chi connectivity index (χ2n) is 14.2. The van der Waals surface area contributed by atoms with Crippen molar-refractivity contribution in [1.82, 2.24) is 0 Å². The Balaban J connectivity index is 1.18. The van der Waals surface area contributed by atoms with E-state index in [9.17, 15) is 0 Å². The van der Waals surface area contributed by atoms with E-state index in [1.165, 1.54) is 97.1 Å². The van der Waals surface area contributed by atoms with E-state index in [1.54, 1.807) is 14.2 Å². The zero-order chi connectivity index (χ0) is 36.9. The topological polar surface area (TPSA) is 18.5 Å². The van der Waals surface area contributed by atoms with Crippen molar-refractivity contribution in [2.45, 2.75) is 20.8 Å². The van der Waals surface area contributed by atoms with Crippen LogP contribution in [-0.2, 0) is 0 Å². The van der Waals surface area contributed by atoms with Gasteiger partial charge < -0.3 is 9.47 Å². The second kappa shape index (κ2) is 14.0.